The SMILES string of the molecule is CC(C)n1nc(-c2cc(F)c(NS(=O)(=O)c3cc(OC(F)(F)F)ccc3F)cc2F)c2c(N)ncc([C@H]3CC[C@H](N)CC3)c21. The van der Waals surface area contributed by atoms with Crippen LogP contribution in [-0.2, 0) is 10.0 Å². The van der Waals surface area contributed by atoms with Crippen molar-refractivity contribution in [3.8, 4) is 17.0 Å². The molecule has 4 aromatic rings. The molecule has 16 heteroatoms. The average molecular weight is 643 g/mol. The number of nitrogen functional groups attached to an aromatic ring is 1. The number of benzene rings is 2. The highest BCUT2D eigenvalue weighted by Gasteiger charge is 2.33. The molecule has 44 heavy (non-hydrogen) atoms. The predicted molar refractivity (Wildman–Crippen MR) is 151 cm³/mol. The quantitative estimate of drug-likeness (QED) is 0.199. The Morgan fingerprint density at radius 3 is 2.34 bits per heavy atom. The Kier molecular flexibility index (Phi) is 8.18. The molecule has 1 fully saturated rings. The largest absolute Gasteiger partial charge is 0.573 e. The lowest BCUT2D eigenvalue weighted by Gasteiger charge is -2.27. The van der Waals surface area contributed by atoms with Gasteiger partial charge in [0.15, 0.2) is 0 Å². The fourth-order valence-corrected chi connectivity index (χ4v) is 6.55. The Bertz CT molecular complexity index is 1840. The molecular formula is C28H28F6N6O3S. The summed E-state index contributed by atoms with van der Waals surface area (Å²) >= 11 is 0. The molecule has 0 atom stereocenters. The molecular weight excluding hydrogens is 614 g/mol. The molecule has 0 aliphatic heterocycles. The fourth-order valence-electron chi connectivity index (χ4n) is 5.40. The summed E-state index contributed by atoms with van der Waals surface area (Å²) < 4.78 is 116. The summed E-state index contributed by atoms with van der Waals surface area (Å²) in [7, 11) is -5.05. The van der Waals surface area contributed by atoms with Gasteiger partial charge in [0, 0.05) is 36.0 Å². The van der Waals surface area contributed by atoms with Crippen LogP contribution in [0.5, 0.6) is 5.75 Å². The number of ether oxygens (including phenoxy) is 1. The maximum absolute atomic E-state index is 15.6. The maximum Gasteiger partial charge on any atom is 0.573 e. The van der Waals surface area contributed by atoms with Crippen LogP contribution in [-0.4, -0.2) is 35.6 Å². The molecule has 5 N–H and O–H groups in total. The van der Waals surface area contributed by atoms with E-state index in [2.05, 4.69) is 14.8 Å². The van der Waals surface area contributed by atoms with Crippen LogP contribution in [0, 0.1) is 17.5 Å². The van der Waals surface area contributed by atoms with Gasteiger partial charge < -0.3 is 16.2 Å². The fraction of sp³-hybridized carbons (Fsp3) is 0.357. The second kappa shape index (κ2) is 11.5. The minimum atomic E-state index is -5.19. The van der Waals surface area contributed by atoms with E-state index >= 15 is 8.78 Å². The zero-order valence-electron chi connectivity index (χ0n) is 23.4. The Morgan fingerprint density at radius 2 is 1.70 bits per heavy atom. The molecule has 2 heterocycles. The molecule has 2 aromatic heterocycles. The average Bonchev–Trinajstić information content (AvgIpc) is 3.33. The van der Waals surface area contributed by atoms with Crippen LogP contribution in [0.1, 0.15) is 57.1 Å². The lowest BCUT2D eigenvalue weighted by Crippen LogP contribution is -2.26. The van der Waals surface area contributed by atoms with Crippen molar-refractivity contribution in [2.75, 3.05) is 10.5 Å². The van der Waals surface area contributed by atoms with Gasteiger partial charge >= 0.3 is 6.36 Å². The standard InChI is InChI=1S/C28H28F6N6O3S/c1-13(2)40-26-18(14-3-5-15(35)6-4-14)12-37-27(36)24(26)25(38-40)17-10-21(31)22(11-20(17)30)39-44(41,42)23-9-16(7-8-19(23)29)43-28(32,33)34/h7-15,39H,3-6,35H2,1-2H3,(H2,36,37)/t14-,15-. The summed E-state index contributed by atoms with van der Waals surface area (Å²) in [5, 5.41) is 4.86. The third kappa shape index (κ3) is 6.13. The van der Waals surface area contributed by atoms with E-state index in [1.165, 1.54) is 0 Å². The Labute approximate surface area is 248 Å². The zero-order chi connectivity index (χ0) is 32.1. The number of fused-ring (bicyclic) bond motifs is 1. The Morgan fingerprint density at radius 1 is 1.02 bits per heavy atom. The van der Waals surface area contributed by atoms with E-state index in [1.54, 1.807) is 15.6 Å². The number of nitrogens with one attached hydrogen (secondary N) is 1. The van der Waals surface area contributed by atoms with Crippen LogP contribution >= 0.6 is 0 Å². The van der Waals surface area contributed by atoms with E-state index in [0.717, 1.165) is 31.2 Å². The van der Waals surface area contributed by atoms with Gasteiger partial charge in [-0.25, -0.2) is 26.6 Å². The number of halogens is 6. The molecule has 0 amide bonds. The first-order chi connectivity index (χ1) is 20.6. The molecule has 9 nitrogen and oxygen atoms in total. The molecule has 1 aliphatic rings. The number of rotatable bonds is 7. The lowest BCUT2D eigenvalue weighted by atomic mass is 9.82. The van der Waals surface area contributed by atoms with Gasteiger partial charge in [-0.2, -0.15) is 5.10 Å². The van der Waals surface area contributed by atoms with Crippen LogP contribution < -0.4 is 20.9 Å². The Hall–Kier alpha value is -4.05. The number of sulfonamides is 1. The molecule has 1 aliphatic carbocycles. The molecule has 0 saturated heterocycles. The van der Waals surface area contributed by atoms with Crippen molar-refractivity contribution in [1.29, 1.82) is 0 Å². The minimum Gasteiger partial charge on any atom is -0.406 e. The van der Waals surface area contributed by atoms with Gasteiger partial charge in [-0.1, -0.05) is 0 Å². The number of anilines is 2. The molecule has 5 rings (SSSR count). The summed E-state index contributed by atoms with van der Waals surface area (Å²) in [5.41, 5.74) is 12.5. The number of nitrogens with zero attached hydrogens (tertiary/aromatic N) is 3. The smallest absolute Gasteiger partial charge is 0.406 e. The molecule has 1 saturated carbocycles. The zero-order valence-corrected chi connectivity index (χ0v) is 24.2. The van der Waals surface area contributed by atoms with Crippen LogP contribution in [0.15, 0.2) is 41.4 Å². The van der Waals surface area contributed by atoms with Gasteiger partial charge in [-0.05, 0) is 69.2 Å². The highest BCUT2D eigenvalue weighted by molar-refractivity contribution is 7.92. The highest BCUT2D eigenvalue weighted by Crippen LogP contribution is 2.42. The third-order valence-corrected chi connectivity index (χ3v) is 8.85. The summed E-state index contributed by atoms with van der Waals surface area (Å²) in [6, 6.07) is 2.36. The molecule has 2 aromatic carbocycles. The van der Waals surface area contributed by atoms with Crippen molar-refractivity contribution in [2.24, 2.45) is 5.73 Å². The summed E-state index contributed by atoms with van der Waals surface area (Å²) in [6.45, 7) is 3.71. The van der Waals surface area contributed by atoms with E-state index in [-0.39, 0.29) is 41.1 Å². The molecule has 0 radical (unpaired) electrons. The number of aromatic nitrogens is 3. The molecule has 0 unspecified atom stereocenters. The van der Waals surface area contributed by atoms with Crippen molar-refractivity contribution in [2.45, 2.75) is 68.8 Å². The summed E-state index contributed by atoms with van der Waals surface area (Å²) in [4.78, 5) is 3.04. The molecule has 0 spiro atoms. The van der Waals surface area contributed by atoms with Gasteiger partial charge in [-0.3, -0.25) is 9.40 Å². The molecule has 236 valence electrons. The van der Waals surface area contributed by atoms with E-state index in [0.29, 0.717) is 35.2 Å². The third-order valence-electron chi connectivity index (χ3n) is 7.47. The van der Waals surface area contributed by atoms with Crippen LogP contribution in [0.25, 0.3) is 22.2 Å². The normalized spacial score (nSPS) is 17.8. The second-order valence-electron chi connectivity index (χ2n) is 10.9. The summed E-state index contributed by atoms with van der Waals surface area (Å²) in [6.07, 6.45) is -0.325. The van der Waals surface area contributed by atoms with Crippen LogP contribution in [0.2, 0.25) is 0 Å². The number of hydrogen-bond donors (Lipinski definition) is 3. The van der Waals surface area contributed by atoms with Gasteiger partial charge in [0.1, 0.15) is 39.6 Å². The molecule has 0 bridgehead atoms. The van der Waals surface area contributed by atoms with Crippen molar-refractivity contribution in [3.63, 3.8) is 0 Å². The van der Waals surface area contributed by atoms with E-state index in [9.17, 15) is 26.0 Å². The number of nitrogens with two attached hydrogens (primary N) is 2. The van der Waals surface area contributed by atoms with Crippen molar-refractivity contribution in [3.05, 3.63) is 59.5 Å². The van der Waals surface area contributed by atoms with Gasteiger partial charge in [0.2, 0.25) is 0 Å². The number of pyridine rings is 1. The summed E-state index contributed by atoms with van der Waals surface area (Å²) in [5.74, 6) is -4.75. The second-order valence-corrected chi connectivity index (χ2v) is 12.5. The van der Waals surface area contributed by atoms with Crippen molar-refractivity contribution in [1.82, 2.24) is 14.8 Å². The number of alkyl halides is 3. The first-order valence-electron chi connectivity index (χ1n) is 13.6. The van der Waals surface area contributed by atoms with E-state index < -0.39 is 50.2 Å². The van der Waals surface area contributed by atoms with E-state index in [4.69, 9.17) is 11.5 Å². The van der Waals surface area contributed by atoms with E-state index in [1.807, 2.05) is 13.8 Å². The minimum absolute atomic E-state index is 0.0260. The van der Waals surface area contributed by atoms with Crippen LogP contribution in [0.4, 0.5) is 37.8 Å². The number of hydrogen-bond acceptors (Lipinski definition) is 7. The predicted octanol–water partition coefficient (Wildman–Crippen LogP) is 6.36. The van der Waals surface area contributed by atoms with Gasteiger partial charge in [0.25, 0.3) is 10.0 Å². The highest BCUT2D eigenvalue weighted by atomic mass is 32.2. The Balaban J connectivity index is 1.56. The van der Waals surface area contributed by atoms with Gasteiger partial charge in [0.05, 0.1) is 16.6 Å². The van der Waals surface area contributed by atoms with Gasteiger partial charge in [-0.15, -0.1) is 13.2 Å². The lowest BCUT2D eigenvalue weighted by molar-refractivity contribution is -0.274. The van der Waals surface area contributed by atoms with Crippen molar-refractivity contribution >= 4 is 32.4 Å². The topological polar surface area (TPSA) is 138 Å². The maximum atomic E-state index is 15.6. The first kappa shape index (κ1) is 31.4. The van der Waals surface area contributed by atoms with Crippen LogP contribution in [0.3, 0.4) is 0 Å². The first-order valence-corrected chi connectivity index (χ1v) is 15.0. The van der Waals surface area contributed by atoms with Crippen molar-refractivity contribution < 1.29 is 39.5 Å². The monoisotopic (exact) mass is 642 g/mol.